The molecule has 0 amide bonds. The zero-order chi connectivity index (χ0) is 13.7. The maximum atomic E-state index is 6.08. The van der Waals surface area contributed by atoms with Crippen molar-refractivity contribution in [2.24, 2.45) is 11.8 Å². The number of nitrogens with one attached hydrogen (secondary N) is 1. The molecule has 1 saturated carbocycles. The molecular formula is C16H31NO2. The minimum absolute atomic E-state index is 0.0417. The van der Waals surface area contributed by atoms with Crippen LogP contribution >= 0.6 is 0 Å². The number of methoxy groups -OCH3 is 1. The second kappa shape index (κ2) is 7.05. The van der Waals surface area contributed by atoms with Gasteiger partial charge in [0, 0.05) is 25.7 Å². The quantitative estimate of drug-likeness (QED) is 0.804. The van der Waals surface area contributed by atoms with Crippen LogP contribution in [0.4, 0.5) is 0 Å². The first-order valence-electron chi connectivity index (χ1n) is 8.08. The normalized spacial score (nSPS) is 37.4. The zero-order valence-corrected chi connectivity index (χ0v) is 12.9. The van der Waals surface area contributed by atoms with E-state index < -0.39 is 0 Å². The van der Waals surface area contributed by atoms with Crippen LogP contribution in [0.15, 0.2) is 0 Å². The summed E-state index contributed by atoms with van der Waals surface area (Å²) in [5.74, 6) is 1.48. The summed E-state index contributed by atoms with van der Waals surface area (Å²) in [5.41, 5.74) is 0.0417. The maximum absolute atomic E-state index is 6.08. The highest BCUT2D eigenvalue weighted by molar-refractivity contribution is 5.00. The molecule has 1 N–H and O–H groups in total. The first-order chi connectivity index (χ1) is 9.22. The summed E-state index contributed by atoms with van der Waals surface area (Å²) in [6, 6.07) is 0.465. The molecule has 0 aromatic carbocycles. The summed E-state index contributed by atoms with van der Waals surface area (Å²) in [4.78, 5) is 0. The predicted molar refractivity (Wildman–Crippen MR) is 78.4 cm³/mol. The number of ether oxygens (including phenoxy) is 2. The summed E-state index contributed by atoms with van der Waals surface area (Å²) >= 11 is 0. The van der Waals surface area contributed by atoms with Crippen LogP contribution in [-0.2, 0) is 9.47 Å². The molecule has 0 radical (unpaired) electrons. The van der Waals surface area contributed by atoms with Gasteiger partial charge in [-0.15, -0.1) is 0 Å². The van der Waals surface area contributed by atoms with Crippen molar-refractivity contribution in [2.75, 3.05) is 26.9 Å². The molecule has 0 aromatic heterocycles. The van der Waals surface area contributed by atoms with Gasteiger partial charge in [0.15, 0.2) is 0 Å². The van der Waals surface area contributed by atoms with Gasteiger partial charge in [0.25, 0.3) is 0 Å². The van der Waals surface area contributed by atoms with Crippen molar-refractivity contribution >= 4 is 0 Å². The third kappa shape index (κ3) is 3.50. The van der Waals surface area contributed by atoms with Gasteiger partial charge in [0.2, 0.25) is 0 Å². The van der Waals surface area contributed by atoms with Gasteiger partial charge in [-0.2, -0.15) is 0 Å². The largest absolute Gasteiger partial charge is 0.381 e. The maximum Gasteiger partial charge on any atom is 0.0834 e. The summed E-state index contributed by atoms with van der Waals surface area (Å²) in [7, 11) is 1.91. The van der Waals surface area contributed by atoms with E-state index in [1.54, 1.807) is 0 Å². The van der Waals surface area contributed by atoms with Crippen LogP contribution in [-0.4, -0.2) is 38.5 Å². The number of hydrogen-bond acceptors (Lipinski definition) is 3. The Labute approximate surface area is 118 Å². The summed E-state index contributed by atoms with van der Waals surface area (Å²) in [5, 5.41) is 3.78. The predicted octanol–water partition coefficient (Wildman–Crippen LogP) is 2.99. The van der Waals surface area contributed by atoms with Crippen molar-refractivity contribution in [3.05, 3.63) is 0 Å². The molecule has 19 heavy (non-hydrogen) atoms. The van der Waals surface area contributed by atoms with Crippen molar-refractivity contribution in [2.45, 2.75) is 64.0 Å². The average Bonchev–Trinajstić information content (AvgIpc) is 2.95. The Morgan fingerprint density at radius 3 is 2.58 bits per heavy atom. The van der Waals surface area contributed by atoms with Gasteiger partial charge in [0.1, 0.15) is 0 Å². The van der Waals surface area contributed by atoms with E-state index in [9.17, 15) is 0 Å². The molecule has 2 aliphatic rings. The molecule has 112 valence electrons. The average molecular weight is 269 g/mol. The second-order valence-corrected chi connectivity index (χ2v) is 6.51. The molecule has 1 saturated heterocycles. The minimum atomic E-state index is 0.0417. The number of rotatable bonds is 6. The van der Waals surface area contributed by atoms with Gasteiger partial charge >= 0.3 is 0 Å². The van der Waals surface area contributed by atoms with Crippen molar-refractivity contribution in [3.63, 3.8) is 0 Å². The minimum Gasteiger partial charge on any atom is -0.381 e. The van der Waals surface area contributed by atoms with Crippen LogP contribution in [0.5, 0.6) is 0 Å². The fourth-order valence-electron chi connectivity index (χ4n) is 3.79. The first-order valence-corrected chi connectivity index (χ1v) is 8.08. The van der Waals surface area contributed by atoms with Gasteiger partial charge in [-0.1, -0.05) is 13.8 Å². The van der Waals surface area contributed by atoms with E-state index in [1.165, 1.54) is 38.5 Å². The van der Waals surface area contributed by atoms with Crippen LogP contribution < -0.4 is 5.32 Å². The standard InChI is InChI=1S/C16H31NO2/c1-4-10-17-15(14-7-11-19-12-14)16(18-3)8-5-13(2)6-9-16/h13-15,17H,4-12H2,1-3H3. The lowest BCUT2D eigenvalue weighted by atomic mass is 9.71. The fraction of sp³-hybridized carbons (Fsp3) is 1.00. The molecule has 2 atom stereocenters. The van der Waals surface area contributed by atoms with Crippen molar-refractivity contribution < 1.29 is 9.47 Å². The van der Waals surface area contributed by atoms with Gasteiger partial charge < -0.3 is 14.8 Å². The molecule has 0 bridgehead atoms. The molecule has 0 spiro atoms. The lowest BCUT2D eigenvalue weighted by Crippen LogP contribution is -2.57. The Morgan fingerprint density at radius 2 is 2.05 bits per heavy atom. The molecule has 0 aromatic rings. The van der Waals surface area contributed by atoms with Crippen molar-refractivity contribution in [1.82, 2.24) is 5.32 Å². The van der Waals surface area contributed by atoms with Crippen LogP contribution in [0.2, 0.25) is 0 Å². The van der Waals surface area contributed by atoms with E-state index in [-0.39, 0.29) is 5.60 Å². The molecule has 1 aliphatic carbocycles. The number of hydrogen-bond donors (Lipinski definition) is 1. The second-order valence-electron chi connectivity index (χ2n) is 6.51. The topological polar surface area (TPSA) is 30.5 Å². The SMILES string of the molecule is CCCNC(C1CCOC1)C1(OC)CCC(C)CC1. The first kappa shape index (κ1) is 15.3. The van der Waals surface area contributed by atoms with Crippen LogP contribution in [0.3, 0.4) is 0 Å². The van der Waals surface area contributed by atoms with E-state index >= 15 is 0 Å². The van der Waals surface area contributed by atoms with Crippen molar-refractivity contribution in [1.29, 1.82) is 0 Å². The molecule has 2 unspecified atom stereocenters. The molecule has 1 aliphatic heterocycles. The third-order valence-electron chi connectivity index (χ3n) is 5.14. The molecule has 2 fully saturated rings. The molecule has 3 heteroatoms. The molecule has 1 heterocycles. The Hall–Kier alpha value is -0.120. The van der Waals surface area contributed by atoms with E-state index in [0.29, 0.717) is 12.0 Å². The Morgan fingerprint density at radius 1 is 1.32 bits per heavy atom. The van der Waals surface area contributed by atoms with E-state index in [2.05, 4.69) is 19.2 Å². The summed E-state index contributed by atoms with van der Waals surface area (Å²) in [6.07, 6.45) is 7.35. The highest BCUT2D eigenvalue weighted by Gasteiger charge is 2.45. The Kier molecular flexibility index (Phi) is 5.67. The molecular weight excluding hydrogens is 238 g/mol. The van der Waals surface area contributed by atoms with Crippen molar-refractivity contribution in [3.8, 4) is 0 Å². The lowest BCUT2D eigenvalue weighted by Gasteiger charge is -2.46. The summed E-state index contributed by atoms with van der Waals surface area (Å²) in [6.45, 7) is 7.51. The lowest BCUT2D eigenvalue weighted by molar-refractivity contribution is -0.0885. The van der Waals surface area contributed by atoms with Crippen LogP contribution in [0.1, 0.15) is 52.4 Å². The highest BCUT2D eigenvalue weighted by atomic mass is 16.5. The van der Waals surface area contributed by atoms with Gasteiger partial charge in [-0.3, -0.25) is 0 Å². The van der Waals surface area contributed by atoms with E-state index in [1.807, 2.05) is 7.11 Å². The van der Waals surface area contributed by atoms with Gasteiger partial charge in [0.05, 0.1) is 12.2 Å². The smallest absolute Gasteiger partial charge is 0.0834 e. The van der Waals surface area contributed by atoms with Crippen LogP contribution in [0, 0.1) is 11.8 Å². The van der Waals surface area contributed by atoms with Gasteiger partial charge in [-0.25, -0.2) is 0 Å². The highest BCUT2D eigenvalue weighted by Crippen LogP contribution is 2.40. The third-order valence-corrected chi connectivity index (χ3v) is 5.14. The van der Waals surface area contributed by atoms with Crippen LogP contribution in [0.25, 0.3) is 0 Å². The van der Waals surface area contributed by atoms with E-state index in [4.69, 9.17) is 9.47 Å². The fourth-order valence-corrected chi connectivity index (χ4v) is 3.79. The zero-order valence-electron chi connectivity index (χ0n) is 12.9. The van der Waals surface area contributed by atoms with Gasteiger partial charge in [-0.05, 0) is 51.0 Å². The monoisotopic (exact) mass is 269 g/mol. The molecule has 3 nitrogen and oxygen atoms in total. The Bertz CT molecular complexity index is 255. The molecule has 2 rings (SSSR count). The Balaban J connectivity index is 2.08. The summed E-state index contributed by atoms with van der Waals surface area (Å²) < 4.78 is 11.7. The van der Waals surface area contributed by atoms with E-state index in [0.717, 1.165) is 25.7 Å².